The van der Waals surface area contributed by atoms with Crippen LogP contribution in [0.25, 0.3) is 5.65 Å². The first kappa shape index (κ1) is 8.74. The molecule has 2 heterocycles. The number of pyridine rings is 1. The second kappa shape index (κ2) is 3.14. The van der Waals surface area contributed by atoms with Crippen molar-refractivity contribution in [3.63, 3.8) is 0 Å². The fraction of sp³-hybridized carbons (Fsp3) is 0.200. The molecule has 0 spiro atoms. The summed E-state index contributed by atoms with van der Waals surface area (Å²) in [5, 5.41) is 11.5. The van der Waals surface area contributed by atoms with Crippen LogP contribution in [-0.4, -0.2) is 20.8 Å². The quantitative estimate of drug-likeness (QED) is 0.422. The first-order valence-electron chi connectivity index (χ1n) is 4.35. The smallest absolute Gasteiger partial charge is 0.137 e. The molecule has 0 aromatic carbocycles. The molecule has 4 heteroatoms. The molecule has 2 rings (SSSR count). The van der Waals surface area contributed by atoms with Gasteiger partial charge in [-0.15, -0.1) is 0 Å². The van der Waals surface area contributed by atoms with E-state index in [1.165, 1.54) is 6.21 Å². The minimum absolute atomic E-state index is 0.808. The van der Waals surface area contributed by atoms with E-state index in [0.29, 0.717) is 0 Å². The molecule has 0 aliphatic carbocycles. The molecule has 4 nitrogen and oxygen atoms in total. The van der Waals surface area contributed by atoms with Crippen LogP contribution >= 0.6 is 0 Å². The summed E-state index contributed by atoms with van der Waals surface area (Å²) in [5.41, 5.74) is 3.70. The maximum atomic E-state index is 8.50. The highest BCUT2D eigenvalue weighted by Gasteiger charge is 2.05. The molecular formula is C10H11N3O. The van der Waals surface area contributed by atoms with E-state index in [-0.39, 0.29) is 0 Å². The molecule has 0 aliphatic heterocycles. The van der Waals surface area contributed by atoms with E-state index in [1.54, 1.807) is 0 Å². The van der Waals surface area contributed by atoms with Gasteiger partial charge in [0.2, 0.25) is 0 Å². The molecule has 14 heavy (non-hydrogen) atoms. The Bertz CT molecular complexity index is 499. The summed E-state index contributed by atoms with van der Waals surface area (Å²) in [6.45, 7) is 3.91. The van der Waals surface area contributed by atoms with Crippen molar-refractivity contribution in [2.24, 2.45) is 5.16 Å². The SMILES string of the molecule is Cc1ccn2c(/C=N/O)c(C)nc2c1. The Morgan fingerprint density at radius 3 is 3.00 bits per heavy atom. The average Bonchev–Trinajstić information content (AvgIpc) is 2.43. The lowest BCUT2D eigenvalue weighted by molar-refractivity contribution is 0.321. The van der Waals surface area contributed by atoms with Gasteiger partial charge in [-0.3, -0.25) is 4.40 Å². The maximum Gasteiger partial charge on any atom is 0.137 e. The maximum absolute atomic E-state index is 8.50. The van der Waals surface area contributed by atoms with Gasteiger partial charge in [-0.2, -0.15) is 0 Å². The lowest BCUT2D eigenvalue weighted by Gasteiger charge is -1.96. The zero-order valence-electron chi connectivity index (χ0n) is 8.10. The van der Waals surface area contributed by atoms with Gasteiger partial charge in [0.25, 0.3) is 0 Å². The third-order valence-electron chi connectivity index (χ3n) is 2.18. The Hall–Kier alpha value is -1.84. The Morgan fingerprint density at radius 1 is 1.50 bits per heavy atom. The predicted octanol–water partition coefficient (Wildman–Crippen LogP) is 1.76. The van der Waals surface area contributed by atoms with E-state index in [9.17, 15) is 0 Å². The highest BCUT2D eigenvalue weighted by molar-refractivity contribution is 5.80. The average molecular weight is 189 g/mol. The van der Waals surface area contributed by atoms with E-state index in [0.717, 1.165) is 22.6 Å². The van der Waals surface area contributed by atoms with Crippen molar-refractivity contribution in [2.45, 2.75) is 13.8 Å². The molecule has 0 bridgehead atoms. The van der Waals surface area contributed by atoms with E-state index in [1.807, 2.05) is 36.6 Å². The van der Waals surface area contributed by atoms with Gasteiger partial charge in [-0.25, -0.2) is 4.98 Å². The summed E-state index contributed by atoms with van der Waals surface area (Å²) in [7, 11) is 0. The Morgan fingerprint density at radius 2 is 2.29 bits per heavy atom. The first-order valence-corrected chi connectivity index (χ1v) is 4.35. The molecule has 0 radical (unpaired) electrons. The molecule has 0 saturated carbocycles. The Balaban J connectivity index is 2.77. The molecular weight excluding hydrogens is 178 g/mol. The van der Waals surface area contributed by atoms with Crippen LogP contribution in [0.15, 0.2) is 23.5 Å². The summed E-state index contributed by atoms with van der Waals surface area (Å²) < 4.78 is 1.89. The number of aryl methyl sites for hydroxylation is 2. The third kappa shape index (κ3) is 1.25. The van der Waals surface area contributed by atoms with Crippen LogP contribution in [0, 0.1) is 13.8 Å². The summed E-state index contributed by atoms with van der Waals surface area (Å²) in [6.07, 6.45) is 3.31. The van der Waals surface area contributed by atoms with Crippen molar-refractivity contribution in [3.8, 4) is 0 Å². The monoisotopic (exact) mass is 189 g/mol. The van der Waals surface area contributed by atoms with Gasteiger partial charge in [-0.05, 0) is 31.5 Å². The van der Waals surface area contributed by atoms with E-state index < -0.39 is 0 Å². The van der Waals surface area contributed by atoms with Crippen molar-refractivity contribution in [2.75, 3.05) is 0 Å². The van der Waals surface area contributed by atoms with E-state index in [4.69, 9.17) is 5.21 Å². The fourth-order valence-electron chi connectivity index (χ4n) is 1.49. The summed E-state index contributed by atoms with van der Waals surface area (Å²) >= 11 is 0. The van der Waals surface area contributed by atoms with Gasteiger partial charge < -0.3 is 5.21 Å². The number of oxime groups is 1. The Kier molecular flexibility index (Phi) is 1.96. The zero-order valence-corrected chi connectivity index (χ0v) is 8.10. The Labute approximate surface area is 81.5 Å². The zero-order chi connectivity index (χ0) is 10.1. The molecule has 0 unspecified atom stereocenters. The number of aromatic nitrogens is 2. The van der Waals surface area contributed by atoms with Crippen LogP contribution in [0.4, 0.5) is 0 Å². The van der Waals surface area contributed by atoms with Gasteiger partial charge in [0, 0.05) is 6.20 Å². The molecule has 0 fully saturated rings. The lowest BCUT2D eigenvalue weighted by Crippen LogP contribution is -1.92. The molecule has 0 amide bonds. The number of imidazole rings is 1. The third-order valence-corrected chi connectivity index (χ3v) is 2.18. The molecule has 1 N–H and O–H groups in total. The number of hydrogen-bond acceptors (Lipinski definition) is 3. The van der Waals surface area contributed by atoms with Crippen molar-refractivity contribution < 1.29 is 5.21 Å². The minimum Gasteiger partial charge on any atom is -0.411 e. The molecule has 0 saturated heterocycles. The summed E-state index contributed by atoms with van der Waals surface area (Å²) in [6, 6.07) is 3.98. The second-order valence-corrected chi connectivity index (χ2v) is 3.26. The van der Waals surface area contributed by atoms with Gasteiger partial charge in [-0.1, -0.05) is 5.16 Å². The van der Waals surface area contributed by atoms with Crippen LogP contribution < -0.4 is 0 Å². The van der Waals surface area contributed by atoms with Crippen molar-refractivity contribution in [1.29, 1.82) is 0 Å². The van der Waals surface area contributed by atoms with Crippen molar-refractivity contribution >= 4 is 11.9 Å². The van der Waals surface area contributed by atoms with Crippen LogP contribution in [0.2, 0.25) is 0 Å². The second-order valence-electron chi connectivity index (χ2n) is 3.26. The summed E-state index contributed by atoms with van der Waals surface area (Å²) in [4.78, 5) is 4.35. The molecule has 0 aliphatic rings. The summed E-state index contributed by atoms with van der Waals surface area (Å²) in [5.74, 6) is 0. The lowest BCUT2D eigenvalue weighted by atomic mass is 10.3. The molecule has 72 valence electrons. The highest BCUT2D eigenvalue weighted by Crippen LogP contribution is 2.11. The van der Waals surface area contributed by atoms with Crippen LogP contribution in [0.5, 0.6) is 0 Å². The predicted molar refractivity (Wildman–Crippen MR) is 54.0 cm³/mol. The first-order chi connectivity index (χ1) is 6.72. The van der Waals surface area contributed by atoms with Gasteiger partial charge in [0.05, 0.1) is 17.6 Å². The fourth-order valence-corrected chi connectivity index (χ4v) is 1.49. The van der Waals surface area contributed by atoms with E-state index >= 15 is 0 Å². The number of rotatable bonds is 1. The van der Waals surface area contributed by atoms with E-state index in [2.05, 4.69) is 10.1 Å². The standard InChI is InChI=1S/C10H11N3O/c1-7-3-4-13-9(6-11-14)8(2)12-10(13)5-7/h3-6,14H,1-2H3/b11-6+. The number of fused-ring (bicyclic) bond motifs is 1. The van der Waals surface area contributed by atoms with Crippen LogP contribution in [0.3, 0.4) is 0 Å². The van der Waals surface area contributed by atoms with Crippen LogP contribution in [0.1, 0.15) is 17.0 Å². The van der Waals surface area contributed by atoms with Crippen LogP contribution in [-0.2, 0) is 0 Å². The van der Waals surface area contributed by atoms with Crippen molar-refractivity contribution in [3.05, 3.63) is 35.3 Å². The normalized spacial score (nSPS) is 11.6. The molecule has 2 aromatic heterocycles. The largest absolute Gasteiger partial charge is 0.411 e. The number of nitrogens with zero attached hydrogens (tertiary/aromatic N) is 3. The van der Waals surface area contributed by atoms with Crippen molar-refractivity contribution in [1.82, 2.24) is 9.38 Å². The van der Waals surface area contributed by atoms with Gasteiger partial charge >= 0.3 is 0 Å². The van der Waals surface area contributed by atoms with Gasteiger partial charge in [0.15, 0.2) is 0 Å². The minimum atomic E-state index is 0.808. The topological polar surface area (TPSA) is 49.9 Å². The van der Waals surface area contributed by atoms with Gasteiger partial charge in [0.1, 0.15) is 5.65 Å². The number of hydrogen-bond donors (Lipinski definition) is 1. The molecule has 2 aromatic rings. The molecule has 0 atom stereocenters. The highest BCUT2D eigenvalue weighted by atomic mass is 16.4.